The predicted octanol–water partition coefficient (Wildman–Crippen LogP) is 11.5. The van der Waals surface area contributed by atoms with Gasteiger partial charge in [0.1, 0.15) is 0 Å². The Hall–Kier alpha value is -5.01. The lowest BCUT2D eigenvalue weighted by atomic mass is 9.85. The molecule has 4 aromatic carbocycles. The highest BCUT2D eigenvalue weighted by atomic mass is 14.7. The maximum atomic E-state index is 5.25. The Labute approximate surface area is 261 Å². The van der Waals surface area contributed by atoms with Crippen molar-refractivity contribution < 1.29 is 0 Å². The van der Waals surface area contributed by atoms with Crippen LogP contribution in [-0.4, -0.2) is 4.98 Å². The van der Waals surface area contributed by atoms with Gasteiger partial charge in [0, 0.05) is 16.5 Å². The molecule has 0 saturated heterocycles. The van der Waals surface area contributed by atoms with Gasteiger partial charge in [0.2, 0.25) is 0 Å². The van der Waals surface area contributed by atoms with E-state index in [1.807, 2.05) is 0 Å². The summed E-state index contributed by atoms with van der Waals surface area (Å²) in [6, 6.07) is 37.2. The Morgan fingerprint density at radius 1 is 0.750 bits per heavy atom. The lowest BCUT2D eigenvalue weighted by molar-refractivity contribution is 0.776. The molecule has 0 fully saturated rings. The summed E-state index contributed by atoms with van der Waals surface area (Å²) < 4.78 is 0. The van der Waals surface area contributed by atoms with Gasteiger partial charge in [0.05, 0.1) is 11.4 Å². The standard InChI is InChI=1S/C43H37N/c1-29-8-4-5-9-33(29)14-12-30(2)34-16-21-37(22-17-34)42-28-40-10-6-7-11-41(40)43(44-42)38-23-19-36(20-24-38)39-25-18-35-15-13-32(27-39)26-31(35)3/h4-25,27-28,30,32H,26H2,1-3H3/b14-12-,25-18?,39-27+. The van der Waals surface area contributed by atoms with Crippen molar-refractivity contribution >= 4 is 22.4 Å². The molecular formula is C43H37N. The Bertz CT molecular complexity index is 2000. The molecule has 44 heavy (non-hydrogen) atoms. The number of pyridine rings is 1. The topological polar surface area (TPSA) is 12.9 Å². The maximum Gasteiger partial charge on any atom is 0.0787 e. The molecular weight excluding hydrogens is 530 g/mol. The summed E-state index contributed by atoms with van der Waals surface area (Å²) in [5.41, 5.74) is 13.5. The van der Waals surface area contributed by atoms with Crippen molar-refractivity contribution in [2.75, 3.05) is 0 Å². The van der Waals surface area contributed by atoms with Crippen LogP contribution in [0.3, 0.4) is 0 Å². The number of fused-ring (bicyclic) bond motifs is 3. The van der Waals surface area contributed by atoms with Crippen LogP contribution in [0.5, 0.6) is 0 Å². The number of hydrogen-bond acceptors (Lipinski definition) is 1. The molecule has 0 aliphatic heterocycles. The van der Waals surface area contributed by atoms with Gasteiger partial charge in [0.15, 0.2) is 0 Å². The minimum atomic E-state index is 0.317. The fourth-order valence-corrected chi connectivity index (χ4v) is 6.36. The summed E-state index contributed by atoms with van der Waals surface area (Å²) >= 11 is 0. The van der Waals surface area contributed by atoms with Gasteiger partial charge in [-0.1, -0.05) is 152 Å². The molecule has 1 heterocycles. The van der Waals surface area contributed by atoms with Gasteiger partial charge in [-0.2, -0.15) is 0 Å². The second kappa shape index (κ2) is 11.9. The van der Waals surface area contributed by atoms with Crippen LogP contribution >= 0.6 is 0 Å². The van der Waals surface area contributed by atoms with E-state index in [1.165, 1.54) is 49.7 Å². The normalized spacial score (nSPS) is 18.0. The third-order valence-corrected chi connectivity index (χ3v) is 9.11. The first-order chi connectivity index (χ1) is 21.5. The summed E-state index contributed by atoms with van der Waals surface area (Å²) in [5.74, 6) is 0.774. The van der Waals surface area contributed by atoms with Crippen LogP contribution in [0.15, 0.2) is 151 Å². The van der Waals surface area contributed by atoms with Crippen molar-refractivity contribution in [3.63, 3.8) is 0 Å². The zero-order chi connectivity index (χ0) is 30.0. The molecule has 2 unspecified atom stereocenters. The number of aromatic nitrogens is 1. The minimum absolute atomic E-state index is 0.317. The van der Waals surface area contributed by atoms with Gasteiger partial charge in [-0.05, 0) is 77.0 Å². The maximum absolute atomic E-state index is 5.25. The largest absolute Gasteiger partial charge is 0.247 e. The summed E-state index contributed by atoms with van der Waals surface area (Å²) in [6.45, 7) is 6.66. The molecule has 3 aliphatic rings. The molecule has 0 saturated carbocycles. The molecule has 1 aromatic heterocycles. The number of aryl methyl sites for hydroxylation is 1. The molecule has 0 amide bonds. The molecule has 3 aliphatic carbocycles. The lowest BCUT2D eigenvalue weighted by Gasteiger charge is -2.20. The number of rotatable bonds is 6. The van der Waals surface area contributed by atoms with E-state index >= 15 is 0 Å². The van der Waals surface area contributed by atoms with E-state index in [9.17, 15) is 0 Å². The SMILES string of the molecule is CC1=C2C=C/C(c3ccc(-c4nc(-c5ccc(C(C)/C=C\c6ccccc6C)cc5)cc5ccccc45)cc3)=C\C(C=C2)C1. The smallest absolute Gasteiger partial charge is 0.0787 e. The summed E-state index contributed by atoms with van der Waals surface area (Å²) in [4.78, 5) is 5.25. The van der Waals surface area contributed by atoms with E-state index in [4.69, 9.17) is 4.98 Å². The van der Waals surface area contributed by atoms with Crippen molar-refractivity contribution in [3.05, 3.63) is 173 Å². The predicted molar refractivity (Wildman–Crippen MR) is 188 cm³/mol. The van der Waals surface area contributed by atoms with Gasteiger partial charge < -0.3 is 0 Å². The number of benzene rings is 4. The highest BCUT2D eigenvalue weighted by Gasteiger charge is 2.15. The van der Waals surface area contributed by atoms with E-state index in [2.05, 4.69) is 166 Å². The fraction of sp³-hybridized carbons (Fsp3) is 0.140. The van der Waals surface area contributed by atoms with Crippen LogP contribution in [0.1, 0.15) is 48.4 Å². The molecule has 2 atom stereocenters. The highest BCUT2D eigenvalue weighted by molar-refractivity contribution is 5.97. The van der Waals surface area contributed by atoms with Gasteiger partial charge in [0.25, 0.3) is 0 Å². The zero-order valence-corrected chi connectivity index (χ0v) is 25.7. The Kier molecular flexibility index (Phi) is 7.54. The van der Waals surface area contributed by atoms with Gasteiger partial charge >= 0.3 is 0 Å². The Balaban J connectivity index is 1.18. The van der Waals surface area contributed by atoms with Gasteiger partial charge in [-0.3, -0.25) is 0 Å². The van der Waals surface area contributed by atoms with E-state index in [0.29, 0.717) is 11.8 Å². The first-order valence-electron chi connectivity index (χ1n) is 15.6. The van der Waals surface area contributed by atoms with Crippen molar-refractivity contribution in [1.82, 2.24) is 4.98 Å². The zero-order valence-electron chi connectivity index (χ0n) is 25.7. The minimum Gasteiger partial charge on any atom is -0.247 e. The fourth-order valence-electron chi connectivity index (χ4n) is 6.36. The van der Waals surface area contributed by atoms with Crippen LogP contribution < -0.4 is 0 Å². The third-order valence-electron chi connectivity index (χ3n) is 9.11. The molecule has 8 rings (SSSR count). The monoisotopic (exact) mass is 567 g/mol. The Morgan fingerprint density at radius 2 is 1.48 bits per heavy atom. The van der Waals surface area contributed by atoms with Crippen LogP contribution in [-0.2, 0) is 0 Å². The molecule has 1 nitrogen and oxygen atoms in total. The second-order valence-electron chi connectivity index (χ2n) is 12.2. The first-order valence-corrected chi connectivity index (χ1v) is 15.6. The summed E-state index contributed by atoms with van der Waals surface area (Å²) in [7, 11) is 0. The van der Waals surface area contributed by atoms with Crippen LogP contribution in [0.25, 0.3) is 44.9 Å². The average molecular weight is 568 g/mol. The first kappa shape index (κ1) is 27.8. The van der Waals surface area contributed by atoms with Crippen LogP contribution in [0.2, 0.25) is 0 Å². The third kappa shape index (κ3) is 5.66. The summed E-state index contributed by atoms with van der Waals surface area (Å²) in [5, 5.41) is 2.37. The van der Waals surface area contributed by atoms with Crippen molar-refractivity contribution in [1.29, 1.82) is 0 Å². The van der Waals surface area contributed by atoms with E-state index < -0.39 is 0 Å². The lowest BCUT2D eigenvalue weighted by Crippen LogP contribution is -2.03. The second-order valence-corrected chi connectivity index (χ2v) is 12.2. The van der Waals surface area contributed by atoms with Crippen LogP contribution in [0, 0.1) is 12.8 Å². The number of allylic oxidation sites excluding steroid dienone is 9. The molecule has 0 radical (unpaired) electrons. The van der Waals surface area contributed by atoms with E-state index in [0.717, 1.165) is 28.9 Å². The quantitative estimate of drug-likeness (QED) is 0.199. The number of nitrogens with zero attached hydrogens (tertiary/aromatic N) is 1. The molecule has 214 valence electrons. The Morgan fingerprint density at radius 3 is 2.27 bits per heavy atom. The molecule has 5 aromatic rings. The molecule has 0 N–H and O–H groups in total. The van der Waals surface area contributed by atoms with E-state index in [-0.39, 0.29) is 0 Å². The van der Waals surface area contributed by atoms with Crippen molar-refractivity contribution in [2.24, 2.45) is 5.92 Å². The molecule has 0 spiro atoms. The van der Waals surface area contributed by atoms with E-state index in [1.54, 1.807) is 0 Å². The molecule has 2 bridgehead atoms. The highest BCUT2D eigenvalue weighted by Crippen LogP contribution is 2.35. The van der Waals surface area contributed by atoms with Gasteiger partial charge in [-0.25, -0.2) is 4.98 Å². The summed E-state index contributed by atoms with van der Waals surface area (Å²) in [6.07, 6.45) is 17.1. The van der Waals surface area contributed by atoms with Gasteiger partial charge in [-0.15, -0.1) is 0 Å². The van der Waals surface area contributed by atoms with Crippen molar-refractivity contribution in [3.8, 4) is 22.5 Å². The average Bonchev–Trinajstić information content (AvgIpc) is 3.05. The molecule has 1 heteroatoms. The van der Waals surface area contributed by atoms with Crippen molar-refractivity contribution in [2.45, 2.75) is 33.1 Å². The van der Waals surface area contributed by atoms with Crippen LogP contribution in [0.4, 0.5) is 0 Å². The number of hydrogen-bond donors (Lipinski definition) is 0.